The second kappa shape index (κ2) is 6.30. The lowest BCUT2D eigenvalue weighted by atomic mass is 9.84. The summed E-state index contributed by atoms with van der Waals surface area (Å²) in [5, 5.41) is 0. The number of carbonyl (C=O) groups is 1. The van der Waals surface area contributed by atoms with Gasteiger partial charge in [-0.2, -0.15) is 0 Å². The first-order valence-electron chi connectivity index (χ1n) is 9.06. The molecule has 1 fully saturated rings. The molecule has 1 aliphatic heterocycles. The van der Waals surface area contributed by atoms with Crippen molar-refractivity contribution in [3.05, 3.63) is 70.3 Å². The molecule has 1 unspecified atom stereocenters. The van der Waals surface area contributed by atoms with Crippen LogP contribution >= 0.6 is 0 Å². The molecule has 3 nitrogen and oxygen atoms in total. The highest BCUT2D eigenvalue weighted by atomic mass is 16.5. The minimum atomic E-state index is -0.205. The molecule has 2 aromatic rings. The smallest absolute Gasteiger partial charge is 0.338 e. The van der Waals surface area contributed by atoms with Crippen LogP contribution in [0.25, 0.3) is 0 Å². The second-order valence-electron chi connectivity index (χ2n) is 7.73. The summed E-state index contributed by atoms with van der Waals surface area (Å²) in [5.41, 5.74) is 6.29. The molecule has 1 spiro atoms. The van der Waals surface area contributed by atoms with Gasteiger partial charge < -0.3 is 4.74 Å². The van der Waals surface area contributed by atoms with Crippen molar-refractivity contribution < 1.29 is 9.53 Å². The molecule has 130 valence electrons. The molecule has 1 atom stereocenters. The van der Waals surface area contributed by atoms with E-state index in [1.165, 1.54) is 35.8 Å². The van der Waals surface area contributed by atoms with Gasteiger partial charge in [0.05, 0.1) is 12.7 Å². The lowest BCUT2D eigenvalue weighted by Gasteiger charge is -2.24. The van der Waals surface area contributed by atoms with Gasteiger partial charge in [0.15, 0.2) is 0 Å². The highest BCUT2D eigenvalue weighted by Crippen LogP contribution is 2.45. The summed E-state index contributed by atoms with van der Waals surface area (Å²) in [5.74, 6) is -0.205. The Bertz CT molecular complexity index is 796. The molecular weight excluding hydrogens is 310 g/mol. The Morgan fingerprint density at radius 1 is 1.16 bits per heavy atom. The summed E-state index contributed by atoms with van der Waals surface area (Å²) in [6.07, 6.45) is 3.28. The lowest BCUT2D eigenvalue weighted by Crippen LogP contribution is -2.27. The Morgan fingerprint density at radius 2 is 1.96 bits per heavy atom. The number of hydrogen-bond acceptors (Lipinski definition) is 3. The lowest BCUT2D eigenvalue weighted by molar-refractivity contribution is 0.0599. The Hall–Kier alpha value is -2.13. The minimum Gasteiger partial charge on any atom is -0.465 e. The normalized spacial score (nSPS) is 22.3. The van der Waals surface area contributed by atoms with Crippen molar-refractivity contribution in [2.24, 2.45) is 5.41 Å². The third-order valence-electron chi connectivity index (χ3n) is 5.84. The number of likely N-dealkylation sites (tertiary alicyclic amines) is 1. The topological polar surface area (TPSA) is 29.5 Å². The predicted octanol–water partition coefficient (Wildman–Crippen LogP) is 3.77. The van der Waals surface area contributed by atoms with Crippen molar-refractivity contribution in [2.45, 2.75) is 32.7 Å². The first-order chi connectivity index (χ1) is 12.1. The zero-order valence-corrected chi connectivity index (χ0v) is 15.0. The van der Waals surface area contributed by atoms with Gasteiger partial charge in [0.1, 0.15) is 0 Å². The van der Waals surface area contributed by atoms with Crippen LogP contribution in [0.5, 0.6) is 0 Å². The summed E-state index contributed by atoms with van der Waals surface area (Å²) in [4.78, 5) is 14.6. The van der Waals surface area contributed by atoms with Gasteiger partial charge >= 0.3 is 5.97 Å². The Balaban J connectivity index is 1.49. The van der Waals surface area contributed by atoms with Crippen molar-refractivity contribution in [2.75, 3.05) is 20.2 Å². The number of hydrogen-bond donors (Lipinski definition) is 0. The number of fused-ring (bicyclic) bond motifs is 1. The van der Waals surface area contributed by atoms with Gasteiger partial charge in [0, 0.05) is 13.1 Å². The third kappa shape index (κ3) is 3.09. The van der Waals surface area contributed by atoms with Gasteiger partial charge in [-0.15, -0.1) is 0 Å². The molecule has 1 saturated heterocycles. The van der Waals surface area contributed by atoms with E-state index in [1.54, 1.807) is 0 Å². The van der Waals surface area contributed by atoms with E-state index >= 15 is 0 Å². The molecule has 1 heterocycles. The number of aryl methyl sites for hydroxylation is 1. The highest BCUT2D eigenvalue weighted by molar-refractivity contribution is 5.91. The maximum atomic E-state index is 12.1. The van der Waals surface area contributed by atoms with E-state index < -0.39 is 0 Å². The number of esters is 1. The van der Waals surface area contributed by atoms with Crippen LogP contribution in [0, 0.1) is 12.3 Å². The number of rotatable bonds is 3. The molecule has 2 aliphatic rings. The first-order valence-corrected chi connectivity index (χ1v) is 9.06. The number of benzene rings is 2. The van der Waals surface area contributed by atoms with E-state index in [2.05, 4.69) is 42.2 Å². The Morgan fingerprint density at radius 3 is 2.72 bits per heavy atom. The monoisotopic (exact) mass is 335 g/mol. The summed E-state index contributed by atoms with van der Waals surface area (Å²) >= 11 is 0. The summed E-state index contributed by atoms with van der Waals surface area (Å²) in [7, 11) is 1.46. The molecule has 2 aromatic carbocycles. The van der Waals surface area contributed by atoms with Gasteiger partial charge in [-0.1, -0.05) is 42.0 Å². The highest BCUT2D eigenvalue weighted by Gasteiger charge is 2.43. The molecule has 0 amide bonds. The van der Waals surface area contributed by atoms with Crippen LogP contribution in [0.1, 0.15) is 39.0 Å². The van der Waals surface area contributed by atoms with Gasteiger partial charge in [0.2, 0.25) is 0 Å². The van der Waals surface area contributed by atoms with Crippen LogP contribution in [-0.4, -0.2) is 31.1 Å². The molecular formula is C22H25NO2. The van der Waals surface area contributed by atoms with Gasteiger partial charge in [-0.3, -0.25) is 4.90 Å². The van der Waals surface area contributed by atoms with E-state index in [0.29, 0.717) is 0 Å². The van der Waals surface area contributed by atoms with Crippen molar-refractivity contribution in [1.82, 2.24) is 4.90 Å². The number of nitrogens with zero attached hydrogens (tertiary/aromatic N) is 1. The molecule has 0 radical (unpaired) electrons. The molecule has 0 saturated carbocycles. The quantitative estimate of drug-likeness (QED) is 0.800. The van der Waals surface area contributed by atoms with Crippen molar-refractivity contribution in [3.63, 3.8) is 0 Å². The largest absolute Gasteiger partial charge is 0.465 e. The van der Waals surface area contributed by atoms with Gasteiger partial charge in [-0.25, -0.2) is 4.79 Å². The van der Waals surface area contributed by atoms with Crippen LogP contribution in [0.2, 0.25) is 0 Å². The van der Waals surface area contributed by atoms with Crippen molar-refractivity contribution >= 4 is 5.97 Å². The van der Waals surface area contributed by atoms with Gasteiger partial charge in [0.25, 0.3) is 0 Å². The van der Waals surface area contributed by atoms with Crippen LogP contribution in [0.15, 0.2) is 42.5 Å². The fourth-order valence-electron chi connectivity index (χ4n) is 4.55. The van der Waals surface area contributed by atoms with E-state index in [0.717, 1.165) is 38.0 Å². The van der Waals surface area contributed by atoms with Crippen LogP contribution in [0.4, 0.5) is 0 Å². The van der Waals surface area contributed by atoms with Crippen LogP contribution in [-0.2, 0) is 24.1 Å². The number of ether oxygens (including phenoxy) is 1. The van der Waals surface area contributed by atoms with E-state index in [-0.39, 0.29) is 11.4 Å². The van der Waals surface area contributed by atoms with Crippen LogP contribution in [0.3, 0.4) is 0 Å². The van der Waals surface area contributed by atoms with Crippen molar-refractivity contribution in [3.8, 4) is 0 Å². The first kappa shape index (κ1) is 16.3. The second-order valence-corrected chi connectivity index (χ2v) is 7.73. The van der Waals surface area contributed by atoms with Crippen molar-refractivity contribution in [1.29, 1.82) is 0 Å². The standard InChI is InChI=1S/C22H25NO2/c1-16-6-8-17(9-7-16)14-23-11-10-22(15-23)12-18-4-3-5-19(20(18)13-22)21(24)25-2/h3-9H,10-15H2,1-2H3. The molecule has 3 heteroatoms. The number of methoxy groups -OCH3 is 1. The average Bonchev–Trinajstić information content (AvgIpc) is 3.18. The molecule has 4 rings (SSSR count). The summed E-state index contributed by atoms with van der Waals surface area (Å²) in [6.45, 7) is 5.39. The zero-order chi connectivity index (χ0) is 17.4. The predicted molar refractivity (Wildman–Crippen MR) is 98.7 cm³/mol. The molecule has 0 N–H and O–H groups in total. The summed E-state index contributed by atoms with van der Waals surface area (Å²) < 4.78 is 4.97. The van der Waals surface area contributed by atoms with Gasteiger partial charge in [-0.05, 0) is 60.9 Å². The summed E-state index contributed by atoms with van der Waals surface area (Å²) in [6, 6.07) is 14.9. The Labute approximate surface area is 149 Å². The Kier molecular flexibility index (Phi) is 4.12. The van der Waals surface area contributed by atoms with E-state index in [4.69, 9.17) is 4.74 Å². The SMILES string of the molecule is COC(=O)c1cccc2c1CC1(CCN(Cc3ccc(C)cc3)C1)C2. The fraction of sp³-hybridized carbons (Fsp3) is 0.409. The third-order valence-corrected chi connectivity index (χ3v) is 5.84. The molecule has 0 bridgehead atoms. The van der Waals surface area contributed by atoms with E-state index in [1.807, 2.05) is 12.1 Å². The molecule has 0 aromatic heterocycles. The molecule has 1 aliphatic carbocycles. The van der Waals surface area contributed by atoms with E-state index in [9.17, 15) is 4.79 Å². The molecule has 25 heavy (non-hydrogen) atoms. The fourth-order valence-corrected chi connectivity index (χ4v) is 4.55. The maximum Gasteiger partial charge on any atom is 0.338 e. The average molecular weight is 335 g/mol. The maximum absolute atomic E-state index is 12.1. The zero-order valence-electron chi connectivity index (χ0n) is 15.0. The number of carbonyl (C=O) groups excluding carboxylic acids is 1. The van der Waals surface area contributed by atoms with Crippen LogP contribution < -0.4 is 0 Å². The minimum absolute atomic E-state index is 0.205.